The molecule has 8 nitrogen and oxygen atoms in total. The molecule has 2 heterocycles. The number of sulfonamides is 1. The van der Waals surface area contributed by atoms with Crippen molar-refractivity contribution in [3.05, 3.63) is 88.0 Å². The molecule has 0 aliphatic heterocycles. The van der Waals surface area contributed by atoms with E-state index in [1.807, 2.05) is 16.9 Å². The lowest BCUT2D eigenvalue weighted by Gasteiger charge is -2.14. The quantitative estimate of drug-likeness (QED) is 0.312. The number of nitrogens with zero attached hydrogens (tertiary/aromatic N) is 2. The maximum absolute atomic E-state index is 15.0. The Hall–Kier alpha value is -4.01. The second-order valence-electron chi connectivity index (χ2n) is 7.57. The largest absolute Gasteiger partial charge is 0.420 e. The number of halogens is 2. The molecular weight excluding hydrogens is 478 g/mol. The van der Waals surface area contributed by atoms with Crippen LogP contribution >= 0.6 is 0 Å². The van der Waals surface area contributed by atoms with Gasteiger partial charge in [-0.2, -0.15) is 4.39 Å². The zero-order chi connectivity index (χ0) is 25.2. The van der Waals surface area contributed by atoms with Crippen molar-refractivity contribution in [1.82, 2.24) is 14.9 Å². The highest BCUT2D eigenvalue weighted by Crippen LogP contribution is 2.28. The summed E-state index contributed by atoms with van der Waals surface area (Å²) in [5.41, 5.74) is 1.42. The molecule has 0 aliphatic rings. The molecule has 0 aliphatic carbocycles. The Morgan fingerprint density at radius 2 is 1.91 bits per heavy atom. The number of rotatable bonds is 6. The van der Waals surface area contributed by atoms with E-state index in [9.17, 15) is 22.0 Å². The van der Waals surface area contributed by atoms with Crippen molar-refractivity contribution in [3.63, 3.8) is 0 Å². The van der Waals surface area contributed by atoms with Crippen LogP contribution in [0, 0.1) is 23.6 Å². The van der Waals surface area contributed by atoms with E-state index in [4.69, 9.17) is 4.42 Å². The van der Waals surface area contributed by atoms with E-state index in [1.165, 1.54) is 16.7 Å². The van der Waals surface area contributed by atoms with Gasteiger partial charge in [-0.3, -0.25) is 9.29 Å². The summed E-state index contributed by atoms with van der Waals surface area (Å²) in [6, 6.07) is 12.0. The number of anilines is 1. The zero-order valence-corrected chi connectivity index (χ0v) is 19.5. The van der Waals surface area contributed by atoms with Gasteiger partial charge in [-0.05, 0) is 43.8 Å². The molecular formula is C24H20F2N4O4S. The summed E-state index contributed by atoms with van der Waals surface area (Å²) in [6.45, 7) is 2.25. The van der Waals surface area contributed by atoms with Gasteiger partial charge in [-0.25, -0.2) is 22.6 Å². The predicted octanol–water partition coefficient (Wildman–Crippen LogP) is 3.25. The van der Waals surface area contributed by atoms with Crippen LogP contribution in [0.2, 0.25) is 0 Å². The van der Waals surface area contributed by atoms with Gasteiger partial charge >= 0.3 is 5.76 Å². The Kier molecular flexibility index (Phi) is 6.68. The summed E-state index contributed by atoms with van der Waals surface area (Å²) in [5.74, 6) is 2.83. The van der Waals surface area contributed by atoms with Gasteiger partial charge in [0.05, 0.1) is 18.1 Å². The van der Waals surface area contributed by atoms with E-state index >= 15 is 0 Å². The number of oxazole rings is 1. The Morgan fingerprint density at radius 1 is 1.14 bits per heavy atom. The van der Waals surface area contributed by atoms with Gasteiger partial charge in [0.1, 0.15) is 16.5 Å². The smallest absolute Gasteiger partial charge is 0.408 e. The minimum atomic E-state index is -4.49. The normalized spacial score (nSPS) is 12.2. The van der Waals surface area contributed by atoms with Crippen molar-refractivity contribution >= 4 is 26.9 Å². The maximum Gasteiger partial charge on any atom is 0.420 e. The highest BCUT2D eigenvalue weighted by Gasteiger charge is 2.25. The SMILES string of the molecule is CNCC#Cc1cccc(C(C)n2c(=O)oc3cc(S(=O)(=O)Nc4cccc(F)n4)c(F)cc32)c1. The van der Waals surface area contributed by atoms with Crippen molar-refractivity contribution in [2.24, 2.45) is 0 Å². The van der Waals surface area contributed by atoms with E-state index in [-0.39, 0.29) is 16.9 Å². The fraction of sp³-hybridized carbons (Fsp3) is 0.167. The maximum atomic E-state index is 15.0. The molecule has 4 rings (SSSR count). The number of pyridine rings is 1. The van der Waals surface area contributed by atoms with Crippen LogP contribution in [0.5, 0.6) is 0 Å². The lowest BCUT2D eigenvalue weighted by Crippen LogP contribution is -2.19. The van der Waals surface area contributed by atoms with Gasteiger partial charge in [0.15, 0.2) is 5.58 Å². The molecule has 2 N–H and O–H groups in total. The molecule has 0 radical (unpaired) electrons. The van der Waals surface area contributed by atoms with Crippen LogP contribution < -0.4 is 15.8 Å². The lowest BCUT2D eigenvalue weighted by molar-refractivity contribution is 0.489. The van der Waals surface area contributed by atoms with Crippen LogP contribution in [-0.2, 0) is 10.0 Å². The summed E-state index contributed by atoms with van der Waals surface area (Å²) in [6.07, 6.45) is 0. The van der Waals surface area contributed by atoms with E-state index < -0.39 is 38.5 Å². The molecule has 0 saturated heterocycles. The number of hydrogen-bond donors (Lipinski definition) is 2. The van der Waals surface area contributed by atoms with Crippen molar-refractivity contribution in [1.29, 1.82) is 0 Å². The van der Waals surface area contributed by atoms with Crippen LogP contribution in [-0.4, -0.2) is 31.6 Å². The zero-order valence-electron chi connectivity index (χ0n) is 18.7. The predicted molar refractivity (Wildman–Crippen MR) is 126 cm³/mol. The third-order valence-electron chi connectivity index (χ3n) is 5.16. The molecule has 1 unspecified atom stereocenters. The average molecular weight is 499 g/mol. The number of benzene rings is 2. The average Bonchev–Trinajstić information content (AvgIpc) is 3.12. The molecule has 11 heteroatoms. The Bertz CT molecular complexity index is 1630. The monoisotopic (exact) mass is 498 g/mol. The van der Waals surface area contributed by atoms with Crippen LogP contribution in [0.4, 0.5) is 14.6 Å². The molecule has 4 aromatic rings. The Balaban J connectivity index is 1.73. The first-order chi connectivity index (χ1) is 16.7. The fourth-order valence-electron chi connectivity index (χ4n) is 3.53. The van der Waals surface area contributed by atoms with Gasteiger partial charge in [0.25, 0.3) is 10.0 Å². The summed E-state index contributed by atoms with van der Waals surface area (Å²) < 4.78 is 62.2. The summed E-state index contributed by atoms with van der Waals surface area (Å²) in [4.78, 5) is 15.3. The standard InChI is InChI=1S/C24H20F2N4O4S/c1-15(17-8-3-6-16(12-17)7-5-11-27-2)30-19-13-18(25)21(14-20(19)34-24(30)31)35(32,33)29-23-10-4-9-22(26)28-23/h3-4,6,8-10,12-15,27H,11H2,1-2H3,(H,28,29). The van der Waals surface area contributed by atoms with E-state index in [0.717, 1.165) is 29.3 Å². The molecule has 0 spiro atoms. The Morgan fingerprint density at radius 3 is 2.66 bits per heavy atom. The number of nitrogens with one attached hydrogen (secondary N) is 2. The number of aromatic nitrogens is 2. The van der Waals surface area contributed by atoms with Gasteiger partial charge in [-0.15, -0.1) is 0 Å². The summed E-state index contributed by atoms with van der Waals surface area (Å²) in [7, 11) is -2.71. The molecule has 1 atom stereocenters. The molecule has 2 aromatic carbocycles. The molecule has 35 heavy (non-hydrogen) atoms. The lowest BCUT2D eigenvalue weighted by atomic mass is 10.0. The van der Waals surface area contributed by atoms with Crippen LogP contribution in [0.25, 0.3) is 11.1 Å². The van der Waals surface area contributed by atoms with Crippen molar-refractivity contribution < 1.29 is 21.6 Å². The topological polar surface area (TPSA) is 106 Å². The number of hydrogen-bond acceptors (Lipinski definition) is 6. The molecule has 0 fully saturated rings. The van der Waals surface area contributed by atoms with Gasteiger partial charge in [0, 0.05) is 17.7 Å². The van der Waals surface area contributed by atoms with Gasteiger partial charge < -0.3 is 9.73 Å². The minimum Gasteiger partial charge on any atom is -0.408 e. The van der Waals surface area contributed by atoms with Crippen LogP contribution in [0.1, 0.15) is 24.1 Å². The molecule has 2 aromatic heterocycles. The first-order valence-electron chi connectivity index (χ1n) is 10.4. The number of fused-ring (bicyclic) bond motifs is 1. The fourth-order valence-corrected chi connectivity index (χ4v) is 4.60. The third kappa shape index (κ3) is 5.08. The highest BCUT2D eigenvalue weighted by molar-refractivity contribution is 7.92. The van der Waals surface area contributed by atoms with E-state index in [2.05, 4.69) is 22.1 Å². The van der Waals surface area contributed by atoms with E-state index in [1.54, 1.807) is 26.1 Å². The molecule has 0 saturated carbocycles. The summed E-state index contributed by atoms with van der Waals surface area (Å²) in [5, 5.41) is 2.93. The third-order valence-corrected chi connectivity index (χ3v) is 6.53. The second-order valence-corrected chi connectivity index (χ2v) is 9.22. The van der Waals surface area contributed by atoms with Crippen molar-refractivity contribution in [2.75, 3.05) is 18.3 Å². The van der Waals surface area contributed by atoms with Gasteiger partial charge in [-0.1, -0.05) is 30.0 Å². The minimum absolute atomic E-state index is 0.0782. The Labute approximate surface area is 199 Å². The van der Waals surface area contributed by atoms with Crippen molar-refractivity contribution in [3.8, 4) is 11.8 Å². The van der Waals surface area contributed by atoms with E-state index in [0.29, 0.717) is 6.54 Å². The van der Waals surface area contributed by atoms with Gasteiger partial charge in [0.2, 0.25) is 5.95 Å². The van der Waals surface area contributed by atoms with Crippen LogP contribution in [0.3, 0.4) is 0 Å². The van der Waals surface area contributed by atoms with Crippen molar-refractivity contribution in [2.45, 2.75) is 17.9 Å². The molecule has 0 bridgehead atoms. The highest BCUT2D eigenvalue weighted by atomic mass is 32.2. The summed E-state index contributed by atoms with van der Waals surface area (Å²) >= 11 is 0. The molecule has 0 amide bonds. The van der Waals surface area contributed by atoms with Crippen LogP contribution in [0.15, 0.2) is 68.7 Å². The second kappa shape index (κ2) is 9.69. The molecule has 180 valence electrons. The first kappa shape index (κ1) is 24.1. The first-order valence-corrected chi connectivity index (χ1v) is 11.9.